The molecule has 0 fully saturated rings. The average Bonchev–Trinajstić information content (AvgIpc) is 2.81. The minimum Gasteiger partial charge on any atom is -1.00 e. The largest absolute Gasteiger partial charge is 2.00 e. The summed E-state index contributed by atoms with van der Waals surface area (Å²) in [6.07, 6.45) is 1.89. The Kier molecular flexibility index (Phi) is 17.0. The van der Waals surface area contributed by atoms with E-state index in [0.717, 1.165) is 38.4 Å². The van der Waals surface area contributed by atoms with Crippen LogP contribution in [-0.2, 0) is 23.3 Å². The van der Waals surface area contributed by atoms with E-state index in [1.54, 1.807) is 0 Å². The predicted molar refractivity (Wildman–Crippen MR) is 157 cm³/mol. The third-order valence-electron chi connectivity index (χ3n) is 6.84. The number of nitrogens with one attached hydrogen (secondary N) is 2. The summed E-state index contributed by atoms with van der Waals surface area (Å²) in [6, 6.07) is 15.4. The molecular weight excluding hydrogens is 570 g/mol. The maximum absolute atomic E-state index is 4.59. The number of hydrogen-bond acceptors (Lipinski definition) is 4. The van der Waals surface area contributed by atoms with Crippen molar-refractivity contribution in [3.63, 3.8) is 0 Å². The van der Waals surface area contributed by atoms with Crippen molar-refractivity contribution in [3.05, 3.63) is 87.7 Å². The van der Waals surface area contributed by atoms with Crippen LogP contribution in [0.25, 0.3) is 0 Å². The number of aryl methyl sites for hydroxylation is 4. The van der Waals surface area contributed by atoms with Gasteiger partial charge in [-0.05, 0) is 73.9 Å². The second-order valence-electron chi connectivity index (χ2n) is 10.9. The molecule has 1 aromatic heterocycles. The van der Waals surface area contributed by atoms with Gasteiger partial charge in [-0.1, -0.05) is 69.2 Å². The van der Waals surface area contributed by atoms with Crippen LogP contribution >= 0.6 is 0 Å². The number of anilines is 2. The summed E-state index contributed by atoms with van der Waals surface area (Å²) >= 11 is 0. The summed E-state index contributed by atoms with van der Waals surface area (Å²) in [4.78, 5) is 7.09. The molecule has 1 radical (unpaired) electrons. The number of pyridine rings is 1. The number of hydrogen-bond donors (Lipinski definition) is 2. The van der Waals surface area contributed by atoms with E-state index in [9.17, 15) is 0 Å². The molecule has 1 heterocycles. The van der Waals surface area contributed by atoms with E-state index in [2.05, 4.69) is 112 Å². The zero-order chi connectivity index (χ0) is 26.2. The molecule has 0 unspecified atom stereocenters. The van der Waals surface area contributed by atoms with Gasteiger partial charge in [0.15, 0.2) is 0 Å². The fraction of sp³-hybridized carbons (Fsp3) is 0.469. The van der Waals surface area contributed by atoms with E-state index in [1.165, 1.54) is 44.8 Å². The molecule has 0 aliphatic heterocycles. The zero-order valence-electron chi connectivity index (χ0n) is 24.8. The minimum atomic E-state index is 0. The normalized spacial score (nSPS) is 10.6. The monoisotopic (exact) mass is 615 g/mol. The van der Waals surface area contributed by atoms with Crippen LogP contribution in [0.15, 0.2) is 48.7 Å². The first-order chi connectivity index (χ1) is 17.2. The Hall–Kier alpha value is -1.76. The van der Waals surface area contributed by atoms with E-state index >= 15 is 0 Å². The van der Waals surface area contributed by atoms with E-state index < -0.39 is 0 Å². The van der Waals surface area contributed by atoms with Gasteiger partial charge in [-0.15, -0.1) is 0 Å². The fourth-order valence-corrected chi connectivity index (χ4v) is 5.09. The number of halogens is 2. The molecule has 0 atom stereocenters. The Bertz CT molecular complexity index is 1080. The third-order valence-corrected chi connectivity index (χ3v) is 6.84. The number of rotatable bonds is 12. The van der Waals surface area contributed by atoms with Gasteiger partial charge in [-0.3, -0.25) is 9.88 Å². The summed E-state index contributed by atoms with van der Waals surface area (Å²) in [6.45, 7) is 22.5. The first-order valence-corrected chi connectivity index (χ1v) is 13.5. The van der Waals surface area contributed by atoms with Crippen LogP contribution in [0.1, 0.15) is 78.6 Å². The van der Waals surface area contributed by atoms with Gasteiger partial charge in [0.1, 0.15) is 0 Å². The van der Waals surface area contributed by atoms with Crippen molar-refractivity contribution < 1.29 is 41.6 Å². The van der Waals surface area contributed by atoms with E-state index in [0.29, 0.717) is 11.8 Å². The van der Waals surface area contributed by atoms with Crippen LogP contribution in [-0.4, -0.2) is 36.1 Å². The Labute approximate surface area is 260 Å². The molecule has 0 bridgehead atoms. The van der Waals surface area contributed by atoms with Gasteiger partial charge in [0.2, 0.25) is 0 Å². The van der Waals surface area contributed by atoms with Crippen molar-refractivity contribution >= 4 is 11.4 Å². The van der Waals surface area contributed by atoms with Gasteiger partial charge in [0.25, 0.3) is 0 Å². The molecule has 2 aromatic carbocycles. The van der Waals surface area contributed by atoms with E-state index in [-0.39, 0.29) is 41.6 Å². The van der Waals surface area contributed by atoms with Crippen LogP contribution in [0.2, 0.25) is 0 Å². The van der Waals surface area contributed by atoms with Gasteiger partial charge in [0.05, 0.1) is 5.69 Å². The van der Waals surface area contributed by atoms with Gasteiger partial charge < -0.3 is 35.4 Å². The standard InChI is InChI=1S/C32H46N4.2ClH.Co/c1-22(2)29-19-25(6)20-30(23(3)4)32(29)35-14-16-36(21-28-11-9-10-12-33-28)15-13-34-31-26(7)17-24(5)18-27(31)8;;;/h9-12,17-20,22-23,34-35H,13-16,21H2,1-8H3;2*1H;/q;;;+2/p-2. The Morgan fingerprint density at radius 1 is 0.718 bits per heavy atom. The van der Waals surface area contributed by atoms with Gasteiger partial charge in [-0.25, -0.2) is 0 Å². The minimum absolute atomic E-state index is 0. The summed E-state index contributed by atoms with van der Waals surface area (Å²) < 4.78 is 0. The van der Waals surface area contributed by atoms with Crippen molar-refractivity contribution in [1.82, 2.24) is 9.88 Å². The predicted octanol–water partition coefficient (Wildman–Crippen LogP) is 1.59. The second kappa shape index (κ2) is 17.8. The number of aromatic nitrogens is 1. The number of benzene rings is 2. The van der Waals surface area contributed by atoms with Crippen LogP contribution in [0.3, 0.4) is 0 Å². The third kappa shape index (κ3) is 11.0. The van der Waals surface area contributed by atoms with Crippen molar-refractivity contribution in [1.29, 1.82) is 0 Å². The maximum atomic E-state index is 4.59. The van der Waals surface area contributed by atoms with Crippen molar-refractivity contribution in [2.45, 2.75) is 73.8 Å². The van der Waals surface area contributed by atoms with Crippen LogP contribution in [0.5, 0.6) is 0 Å². The van der Waals surface area contributed by atoms with Crippen molar-refractivity contribution in [3.8, 4) is 0 Å². The summed E-state index contributed by atoms with van der Waals surface area (Å²) in [7, 11) is 0. The van der Waals surface area contributed by atoms with Gasteiger partial charge in [0, 0.05) is 50.3 Å². The molecule has 0 aliphatic carbocycles. The first kappa shape index (κ1) is 37.2. The summed E-state index contributed by atoms with van der Waals surface area (Å²) in [5.41, 5.74) is 11.8. The molecule has 217 valence electrons. The molecule has 0 amide bonds. The fourth-order valence-electron chi connectivity index (χ4n) is 5.09. The Morgan fingerprint density at radius 2 is 1.21 bits per heavy atom. The van der Waals surface area contributed by atoms with Crippen LogP contribution in [0.4, 0.5) is 11.4 Å². The smallest absolute Gasteiger partial charge is 1.00 e. The van der Waals surface area contributed by atoms with E-state index in [4.69, 9.17) is 0 Å². The van der Waals surface area contributed by atoms with Gasteiger partial charge >= 0.3 is 16.8 Å². The molecule has 0 spiro atoms. The SMILES string of the molecule is Cc1cc(C)c(NCCN(CCNc2c(C(C)C)cc(C)cc2C(C)C)Cc2ccccn2)c(C)c1.[Cl-].[Cl-].[Co+2]. The molecule has 0 saturated carbocycles. The molecule has 39 heavy (non-hydrogen) atoms. The molecule has 0 aliphatic rings. The topological polar surface area (TPSA) is 40.2 Å². The van der Waals surface area contributed by atoms with Crippen molar-refractivity contribution in [2.75, 3.05) is 36.8 Å². The molecule has 7 heteroatoms. The number of nitrogens with zero attached hydrogens (tertiary/aromatic N) is 2. The summed E-state index contributed by atoms with van der Waals surface area (Å²) in [5, 5.41) is 7.54. The average molecular weight is 617 g/mol. The molecule has 3 rings (SSSR count). The van der Waals surface area contributed by atoms with Gasteiger partial charge in [-0.2, -0.15) is 0 Å². The zero-order valence-corrected chi connectivity index (χ0v) is 27.3. The first-order valence-electron chi connectivity index (χ1n) is 13.5. The molecule has 0 saturated heterocycles. The Balaban J connectivity index is 0.00000481. The second-order valence-corrected chi connectivity index (χ2v) is 10.9. The quantitative estimate of drug-likeness (QED) is 0.325. The van der Waals surface area contributed by atoms with Crippen LogP contribution in [0, 0.1) is 27.7 Å². The van der Waals surface area contributed by atoms with E-state index in [1.807, 2.05) is 12.3 Å². The molecule has 4 nitrogen and oxygen atoms in total. The Morgan fingerprint density at radius 3 is 1.67 bits per heavy atom. The summed E-state index contributed by atoms with van der Waals surface area (Å²) in [5.74, 6) is 0.972. The van der Waals surface area contributed by atoms with Crippen molar-refractivity contribution in [2.24, 2.45) is 0 Å². The molecular formula is C32H46Cl2CoN4. The molecule has 2 N–H and O–H groups in total. The molecule has 3 aromatic rings. The van der Waals surface area contributed by atoms with Crippen LogP contribution < -0.4 is 35.4 Å². The maximum Gasteiger partial charge on any atom is 2.00 e.